The number of rotatable bonds is 5. The molecule has 1 amide bonds. The molecule has 2 N–H and O–H groups in total. The molecule has 3 aromatic rings. The molecule has 2 aromatic carbocycles. The van der Waals surface area contributed by atoms with E-state index in [2.05, 4.69) is 33.2 Å². The lowest BCUT2D eigenvalue weighted by molar-refractivity contribution is 0.0951. The van der Waals surface area contributed by atoms with E-state index in [9.17, 15) is 14.4 Å². The summed E-state index contributed by atoms with van der Waals surface area (Å²) in [6.45, 7) is 6.35. The van der Waals surface area contributed by atoms with Gasteiger partial charge in [0.25, 0.3) is 11.5 Å². The number of hydrogen-bond donors (Lipinski definition) is 2. The van der Waals surface area contributed by atoms with E-state index < -0.39 is 5.69 Å². The highest BCUT2D eigenvalue weighted by Gasteiger charge is 2.17. The maximum Gasteiger partial charge on any atom is 0.328 e. The number of benzene rings is 2. The number of anilines is 1. The number of amides is 1. The first-order valence-electron chi connectivity index (χ1n) is 10.5. The summed E-state index contributed by atoms with van der Waals surface area (Å²) >= 11 is 0. The van der Waals surface area contributed by atoms with Crippen molar-refractivity contribution in [1.82, 2.24) is 19.8 Å². The SMILES string of the molecule is CCn1c(=O)[nH]c2cc(C(=O)NCc3ccccc3N3CCN(C)CC3)ccc2c1=O. The Labute approximate surface area is 180 Å². The van der Waals surface area contributed by atoms with Crippen molar-refractivity contribution >= 4 is 22.5 Å². The molecular formula is C23H27N5O3. The lowest BCUT2D eigenvalue weighted by atomic mass is 10.1. The number of aromatic nitrogens is 2. The number of likely N-dealkylation sites (N-methyl/N-ethyl adjacent to an activating group) is 1. The van der Waals surface area contributed by atoms with Crippen LogP contribution in [0.3, 0.4) is 0 Å². The van der Waals surface area contributed by atoms with Crippen LogP contribution in [0.25, 0.3) is 10.9 Å². The minimum Gasteiger partial charge on any atom is -0.369 e. The summed E-state index contributed by atoms with van der Waals surface area (Å²) in [6.07, 6.45) is 0. The third-order valence-electron chi connectivity index (χ3n) is 5.84. The summed E-state index contributed by atoms with van der Waals surface area (Å²) in [5, 5.41) is 3.36. The van der Waals surface area contributed by atoms with Crippen LogP contribution in [0.1, 0.15) is 22.8 Å². The van der Waals surface area contributed by atoms with Crippen LogP contribution in [-0.2, 0) is 13.1 Å². The predicted octanol–water partition coefficient (Wildman–Crippen LogP) is 1.39. The van der Waals surface area contributed by atoms with E-state index in [0.717, 1.165) is 42.0 Å². The van der Waals surface area contributed by atoms with Gasteiger partial charge >= 0.3 is 5.69 Å². The summed E-state index contributed by atoms with van der Waals surface area (Å²) < 4.78 is 1.14. The van der Waals surface area contributed by atoms with Crippen LogP contribution in [0, 0.1) is 0 Å². The summed E-state index contributed by atoms with van der Waals surface area (Å²) in [4.78, 5) is 44.6. The lowest BCUT2D eigenvalue weighted by Gasteiger charge is -2.35. The maximum absolute atomic E-state index is 12.8. The number of carbonyl (C=O) groups excluding carboxylic acids is 1. The molecule has 0 atom stereocenters. The van der Waals surface area contributed by atoms with Gasteiger partial charge in [-0.3, -0.25) is 14.2 Å². The summed E-state index contributed by atoms with van der Waals surface area (Å²) in [7, 11) is 2.12. The fraction of sp³-hybridized carbons (Fsp3) is 0.348. The molecule has 162 valence electrons. The molecule has 0 bridgehead atoms. The molecule has 2 heterocycles. The van der Waals surface area contributed by atoms with Crippen LogP contribution in [-0.4, -0.2) is 53.6 Å². The monoisotopic (exact) mass is 421 g/mol. The molecule has 4 rings (SSSR count). The van der Waals surface area contributed by atoms with E-state index in [1.165, 1.54) is 0 Å². The van der Waals surface area contributed by atoms with Gasteiger partial charge in [-0.05, 0) is 43.8 Å². The van der Waals surface area contributed by atoms with Gasteiger partial charge in [0.05, 0.1) is 10.9 Å². The van der Waals surface area contributed by atoms with E-state index in [1.54, 1.807) is 25.1 Å². The average molecular weight is 422 g/mol. The van der Waals surface area contributed by atoms with Crippen LogP contribution in [0.15, 0.2) is 52.1 Å². The van der Waals surface area contributed by atoms with Crippen molar-refractivity contribution < 1.29 is 4.79 Å². The molecule has 0 aliphatic carbocycles. The minimum absolute atomic E-state index is 0.254. The number of para-hydroxylation sites is 1. The van der Waals surface area contributed by atoms with Crippen molar-refractivity contribution in [2.45, 2.75) is 20.0 Å². The Balaban J connectivity index is 1.53. The minimum atomic E-state index is -0.473. The largest absolute Gasteiger partial charge is 0.369 e. The Kier molecular flexibility index (Phi) is 5.90. The van der Waals surface area contributed by atoms with Gasteiger partial charge in [-0.15, -0.1) is 0 Å². The van der Waals surface area contributed by atoms with Crippen molar-refractivity contribution in [1.29, 1.82) is 0 Å². The fourth-order valence-electron chi connectivity index (χ4n) is 3.98. The molecule has 0 spiro atoms. The fourth-order valence-corrected chi connectivity index (χ4v) is 3.98. The quantitative estimate of drug-likeness (QED) is 0.650. The zero-order valence-corrected chi connectivity index (χ0v) is 17.9. The standard InChI is InChI=1S/C23H27N5O3/c1-3-28-22(30)18-9-8-16(14-19(18)25-23(28)31)21(29)24-15-17-6-4-5-7-20(17)27-12-10-26(2)11-13-27/h4-9,14H,3,10-13,15H2,1-2H3,(H,24,29)(H,25,31). The van der Waals surface area contributed by atoms with E-state index in [-0.39, 0.29) is 11.5 Å². The second-order valence-electron chi connectivity index (χ2n) is 7.84. The smallest absolute Gasteiger partial charge is 0.328 e. The van der Waals surface area contributed by atoms with Crippen molar-refractivity contribution in [2.24, 2.45) is 0 Å². The topological polar surface area (TPSA) is 90.4 Å². The summed E-state index contributed by atoms with van der Waals surface area (Å²) in [6, 6.07) is 12.9. The first-order valence-corrected chi connectivity index (χ1v) is 10.5. The van der Waals surface area contributed by atoms with Gasteiger partial charge in [-0.2, -0.15) is 0 Å². The number of fused-ring (bicyclic) bond motifs is 1. The number of H-pyrrole nitrogens is 1. The van der Waals surface area contributed by atoms with Gasteiger partial charge in [0.1, 0.15) is 0 Å². The number of aromatic amines is 1. The number of carbonyl (C=O) groups is 1. The molecular weight excluding hydrogens is 394 g/mol. The Bertz CT molecular complexity index is 1220. The normalized spacial score (nSPS) is 14.7. The Hall–Kier alpha value is -3.39. The van der Waals surface area contributed by atoms with Gasteiger partial charge in [0, 0.05) is 50.5 Å². The van der Waals surface area contributed by atoms with Crippen LogP contribution in [0.4, 0.5) is 5.69 Å². The second kappa shape index (κ2) is 8.77. The Morgan fingerprint density at radius 2 is 1.81 bits per heavy atom. The third-order valence-corrected chi connectivity index (χ3v) is 5.84. The van der Waals surface area contributed by atoms with Crippen LogP contribution >= 0.6 is 0 Å². The van der Waals surface area contributed by atoms with Crippen LogP contribution in [0.5, 0.6) is 0 Å². The first kappa shape index (κ1) is 20.9. The number of hydrogen-bond acceptors (Lipinski definition) is 5. The molecule has 1 saturated heterocycles. The van der Waals surface area contributed by atoms with Gasteiger partial charge in [-0.1, -0.05) is 18.2 Å². The van der Waals surface area contributed by atoms with Crippen molar-refractivity contribution in [3.8, 4) is 0 Å². The summed E-state index contributed by atoms with van der Waals surface area (Å²) in [5.41, 5.74) is 2.13. The molecule has 1 aliphatic rings. The number of nitrogens with zero attached hydrogens (tertiary/aromatic N) is 3. The average Bonchev–Trinajstić information content (AvgIpc) is 2.78. The van der Waals surface area contributed by atoms with E-state index in [0.29, 0.717) is 29.6 Å². The zero-order chi connectivity index (χ0) is 22.0. The Morgan fingerprint density at radius 3 is 2.55 bits per heavy atom. The Morgan fingerprint density at radius 1 is 1.06 bits per heavy atom. The molecule has 8 nitrogen and oxygen atoms in total. The van der Waals surface area contributed by atoms with Gasteiger partial charge in [-0.25, -0.2) is 4.79 Å². The molecule has 0 radical (unpaired) electrons. The third kappa shape index (κ3) is 4.25. The molecule has 31 heavy (non-hydrogen) atoms. The van der Waals surface area contributed by atoms with Crippen molar-refractivity contribution in [3.05, 3.63) is 74.4 Å². The summed E-state index contributed by atoms with van der Waals surface area (Å²) in [5.74, 6) is -0.254. The molecule has 1 aliphatic heterocycles. The van der Waals surface area contributed by atoms with E-state index in [4.69, 9.17) is 0 Å². The number of nitrogens with one attached hydrogen (secondary N) is 2. The van der Waals surface area contributed by atoms with Gasteiger partial charge in [0.15, 0.2) is 0 Å². The van der Waals surface area contributed by atoms with E-state index in [1.807, 2.05) is 18.2 Å². The first-order chi connectivity index (χ1) is 15.0. The lowest BCUT2D eigenvalue weighted by Crippen LogP contribution is -2.45. The van der Waals surface area contributed by atoms with Crippen LogP contribution in [0.2, 0.25) is 0 Å². The van der Waals surface area contributed by atoms with Crippen molar-refractivity contribution in [2.75, 3.05) is 38.1 Å². The highest BCUT2D eigenvalue weighted by molar-refractivity contribution is 5.97. The molecule has 0 saturated carbocycles. The van der Waals surface area contributed by atoms with Gasteiger partial charge in [0.2, 0.25) is 0 Å². The molecule has 1 aromatic heterocycles. The predicted molar refractivity (Wildman–Crippen MR) is 122 cm³/mol. The van der Waals surface area contributed by atoms with Crippen LogP contribution < -0.4 is 21.5 Å². The molecule has 0 unspecified atom stereocenters. The van der Waals surface area contributed by atoms with Crippen molar-refractivity contribution in [3.63, 3.8) is 0 Å². The van der Waals surface area contributed by atoms with E-state index >= 15 is 0 Å². The highest BCUT2D eigenvalue weighted by Crippen LogP contribution is 2.22. The maximum atomic E-state index is 12.8. The van der Waals surface area contributed by atoms with Gasteiger partial charge < -0.3 is 20.1 Å². The second-order valence-corrected chi connectivity index (χ2v) is 7.84. The number of piperazine rings is 1. The molecule has 8 heteroatoms. The zero-order valence-electron chi connectivity index (χ0n) is 17.9. The highest BCUT2D eigenvalue weighted by atomic mass is 16.2. The molecule has 1 fully saturated rings.